The van der Waals surface area contributed by atoms with Crippen LogP contribution >= 0.6 is 11.6 Å². The summed E-state index contributed by atoms with van der Waals surface area (Å²) in [6.45, 7) is 2.96. The smallest absolute Gasteiger partial charge is 0.322 e. The molecule has 0 fully saturated rings. The van der Waals surface area contributed by atoms with Crippen LogP contribution in [0.4, 0.5) is 5.69 Å². The van der Waals surface area contributed by atoms with Crippen LogP contribution in [0.25, 0.3) is 0 Å². The third-order valence-electron chi connectivity index (χ3n) is 2.70. The summed E-state index contributed by atoms with van der Waals surface area (Å²) in [7, 11) is -4.09. The number of hydrogen-bond acceptors (Lipinski definition) is 4. The molecule has 0 aromatic heterocycles. The molecule has 0 bridgehead atoms. The first-order valence-electron chi connectivity index (χ1n) is 6.13. The maximum absolute atomic E-state index is 12.0. The van der Waals surface area contributed by atoms with E-state index in [1.807, 2.05) is 0 Å². The standard InChI is InChI=1S/C13H16ClNO5S/c1-8(2)12(13(17)18)21(19,20)7-11(16)15-10-5-3-9(14)4-6-10/h3-6,8,12H,7H2,1-2H3,(H,15,16)(H,17,18). The summed E-state index contributed by atoms with van der Waals surface area (Å²) in [4.78, 5) is 22.8. The first-order valence-corrected chi connectivity index (χ1v) is 8.22. The normalized spacial score (nSPS) is 13.0. The molecule has 0 aliphatic rings. The number of hydrogen-bond donors (Lipinski definition) is 2. The number of halogens is 1. The second-order valence-electron chi connectivity index (χ2n) is 4.87. The van der Waals surface area contributed by atoms with Crippen LogP contribution in [0.3, 0.4) is 0 Å². The van der Waals surface area contributed by atoms with Crippen molar-refractivity contribution in [1.82, 2.24) is 0 Å². The van der Waals surface area contributed by atoms with Crippen LogP contribution in [0, 0.1) is 5.92 Å². The Morgan fingerprint density at radius 3 is 2.19 bits per heavy atom. The van der Waals surface area contributed by atoms with E-state index in [1.165, 1.54) is 26.0 Å². The van der Waals surface area contributed by atoms with E-state index >= 15 is 0 Å². The fourth-order valence-electron chi connectivity index (χ4n) is 1.86. The summed E-state index contributed by atoms with van der Waals surface area (Å²) >= 11 is 5.69. The number of carbonyl (C=O) groups is 2. The number of amides is 1. The monoisotopic (exact) mass is 333 g/mol. The first-order chi connectivity index (χ1) is 9.63. The van der Waals surface area contributed by atoms with Gasteiger partial charge >= 0.3 is 5.97 Å². The molecule has 0 heterocycles. The van der Waals surface area contributed by atoms with Gasteiger partial charge in [0.25, 0.3) is 0 Å². The van der Waals surface area contributed by atoms with Gasteiger partial charge in [0, 0.05) is 10.7 Å². The van der Waals surface area contributed by atoms with Gasteiger partial charge in [-0.2, -0.15) is 0 Å². The van der Waals surface area contributed by atoms with E-state index in [0.717, 1.165) is 0 Å². The third-order valence-corrected chi connectivity index (χ3v) is 5.13. The van der Waals surface area contributed by atoms with E-state index < -0.39 is 38.6 Å². The van der Waals surface area contributed by atoms with E-state index in [-0.39, 0.29) is 0 Å². The zero-order chi connectivity index (χ0) is 16.2. The molecule has 0 aliphatic heterocycles. The average Bonchev–Trinajstić information content (AvgIpc) is 2.29. The highest BCUT2D eigenvalue weighted by Gasteiger charge is 2.36. The molecule has 2 N–H and O–H groups in total. The van der Waals surface area contributed by atoms with Gasteiger partial charge in [-0.1, -0.05) is 25.4 Å². The van der Waals surface area contributed by atoms with Gasteiger partial charge in [0.1, 0.15) is 5.75 Å². The quantitative estimate of drug-likeness (QED) is 0.826. The second-order valence-corrected chi connectivity index (χ2v) is 7.42. The number of nitrogens with one attached hydrogen (secondary N) is 1. The Morgan fingerprint density at radius 2 is 1.76 bits per heavy atom. The zero-order valence-corrected chi connectivity index (χ0v) is 13.1. The van der Waals surface area contributed by atoms with Crippen LogP contribution in [-0.2, 0) is 19.4 Å². The van der Waals surface area contributed by atoms with E-state index in [2.05, 4.69) is 5.32 Å². The molecule has 0 saturated heterocycles. The van der Waals surface area contributed by atoms with Gasteiger partial charge in [0.15, 0.2) is 15.1 Å². The van der Waals surface area contributed by atoms with Gasteiger partial charge < -0.3 is 10.4 Å². The topological polar surface area (TPSA) is 101 Å². The van der Waals surface area contributed by atoms with Crippen molar-refractivity contribution in [3.63, 3.8) is 0 Å². The minimum absolute atomic E-state index is 0.385. The molecule has 8 heteroatoms. The lowest BCUT2D eigenvalue weighted by Gasteiger charge is -2.16. The van der Waals surface area contributed by atoms with Crippen molar-refractivity contribution in [2.45, 2.75) is 19.1 Å². The molecular weight excluding hydrogens is 318 g/mol. The molecule has 6 nitrogen and oxygen atoms in total. The Hall–Kier alpha value is -1.60. The number of benzene rings is 1. The van der Waals surface area contributed by atoms with E-state index in [1.54, 1.807) is 12.1 Å². The van der Waals surface area contributed by atoms with Crippen LogP contribution < -0.4 is 5.32 Å². The Morgan fingerprint density at radius 1 is 1.24 bits per heavy atom. The van der Waals surface area contributed by atoms with Crippen molar-refractivity contribution < 1.29 is 23.1 Å². The maximum Gasteiger partial charge on any atom is 0.322 e. The Bertz CT molecular complexity index is 624. The first kappa shape index (κ1) is 17.5. The second kappa shape index (κ2) is 6.91. The molecule has 1 rings (SSSR count). The molecule has 1 aromatic rings. The number of carboxylic acid groups (broad SMARTS) is 1. The Balaban J connectivity index is 2.81. The van der Waals surface area contributed by atoms with Crippen molar-refractivity contribution in [2.75, 3.05) is 11.1 Å². The molecule has 1 atom stereocenters. The summed E-state index contributed by atoms with van der Waals surface area (Å²) < 4.78 is 24.0. The number of rotatable bonds is 6. The Labute approximate surface area is 128 Å². The highest BCUT2D eigenvalue weighted by Crippen LogP contribution is 2.16. The molecule has 1 amide bonds. The summed E-state index contributed by atoms with van der Waals surface area (Å²) in [6.07, 6.45) is 0. The van der Waals surface area contributed by atoms with E-state index in [9.17, 15) is 18.0 Å². The fraction of sp³-hybridized carbons (Fsp3) is 0.385. The summed E-state index contributed by atoms with van der Waals surface area (Å²) in [5, 5.41) is 10.3. The highest BCUT2D eigenvalue weighted by molar-refractivity contribution is 7.93. The molecule has 116 valence electrons. The number of aliphatic carboxylic acids is 1. The van der Waals surface area contributed by atoms with Gasteiger partial charge in [0.05, 0.1) is 0 Å². The molecule has 0 radical (unpaired) electrons. The minimum atomic E-state index is -4.09. The van der Waals surface area contributed by atoms with Crippen molar-refractivity contribution in [3.8, 4) is 0 Å². The molecular formula is C13H16ClNO5S. The van der Waals surface area contributed by atoms with Gasteiger partial charge in [-0.3, -0.25) is 9.59 Å². The van der Waals surface area contributed by atoms with Crippen molar-refractivity contribution in [2.24, 2.45) is 5.92 Å². The molecule has 0 aliphatic carbocycles. The Kier molecular flexibility index (Phi) is 5.74. The number of sulfone groups is 1. The largest absolute Gasteiger partial charge is 0.480 e. The highest BCUT2D eigenvalue weighted by atomic mass is 35.5. The average molecular weight is 334 g/mol. The predicted octanol–water partition coefficient (Wildman–Crippen LogP) is 1.80. The van der Waals surface area contributed by atoms with Crippen molar-refractivity contribution in [1.29, 1.82) is 0 Å². The lowest BCUT2D eigenvalue weighted by molar-refractivity contribution is -0.137. The molecule has 1 unspecified atom stereocenters. The lowest BCUT2D eigenvalue weighted by Crippen LogP contribution is -2.39. The van der Waals surface area contributed by atoms with Crippen LogP contribution in [0.15, 0.2) is 24.3 Å². The van der Waals surface area contributed by atoms with Crippen LogP contribution in [0.5, 0.6) is 0 Å². The van der Waals surface area contributed by atoms with Crippen molar-refractivity contribution >= 4 is 39.0 Å². The maximum atomic E-state index is 12.0. The summed E-state index contributed by atoms with van der Waals surface area (Å²) in [5.41, 5.74) is 0.385. The van der Waals surface area contributed by atoms with Gasteiger partial charge in [-0.25, -0.2) is 8.42 Å². The molecule has 0 saturated carbocycles. The molecule has 21 heavy (non-hydrogen) atoms. The predicted molar refractivity (Wildman–Crippen MR) is 80.1 cm³/mol. The van der Waals surface area contributed by atoms with Crippen LogP contribution in [0.1, 0.15) is 13.8 Å². The van der Waals surface area contributed by atoms with E-state index in [4.69, 9.17) is 16.7 Å². The fourth-order valence-corrected chi connectivity index (χ4v) is 3.74. The minimum Gasteiger partial charge on any atom is -0.480 e. The summed E-state index contributed by atoms with van der Waals surface area (Å²) in [5.74, 6) is -3.76. The lowest BCUT2D eigenvalue weighted by atomic mass is 10.1. The zero-order valence-electron chi connectivity index (χ0n) is 11.5. The van der Waals surface area contributed by atoms with E-state index in [0.29, 0.717) is 10.7 Å². The third kappa shape index (κ3) is 5.02. The SMILES string of the molecule is CC(C)C(C(=O)O)S(=O)(=O)CC(=O)Nc1ccc(Cl)cc1. The van der Waals surface area contributed by atoms with Crippen LogP contribution in [0.2, 0.25) is 5.02 Å². The van der Waals surface area contributed by atoms with Crippen LogP contribution in [-0.4, -0.2) is 36.4 Å². The molecule has 1 aromatic carbocycles. The number of anilines is 1. The van der Waals surface area contributed by atoms with Gasteiger partial charge in [-0.05, 0) is 30.2 Å². The van der Waals surface area contributed by atoms with Gasteiger partial charge in [0.2, 0.25) is 5.91 Å². The number of carbonyl (C=O) groups excluding carboxylic acids is 1. The summed E-state index contributed by atoms with van der Waals surface area (Å²) in [6, 6.07) is 6.12. The number of carboxylic acids is 1. The van der Waals surface area contributed by atoms with Gasteiger partial charge in [-0.15, -0.1) is 0 Å². The van der Waals surface area contributed by atoms with Crippen molar-refractivity contribution in [3.05, 3.63) is 29.3 Å². The molecule has 0 spiro atoms.